The van der Waals surface area contributed by atoms with Crippen molar-refractivity contribution in [3.8, 4) is 5.75 Å². The molecule has 0 bridgehead atoms. The molecule has 0 atom stereocenters. The molecule has 5 nitrogen and oxygen atoms in total. The number of benzene rings is 1. The zero-order chi connectivity index (χ0) is 14.4. The van der Waals surface area contributed by atoms with Gasteiger partial charge in [0.2, 0.25) is 0 Å². The molecule has 0 saturated carbocycles. The standard InChI is InChI=1S/C14H19FN4O/c1-3-4-16-8-11-5-12(15)7-14(6-11)20-10-13-9-19(2)18-17-13/h5-7,9,16H,3-4,8,10H2,1-2H3. The molecule has 0 saturated heterocycles. The summed E-state index contributed by atoms with van der Waals surface area (Å²) >= 11 is 0. The summed E-state index contributed by atoms with van der Waals surface area (Å²) in [7, 11) is 1.79. The Bertz CT molecular complexity index is 556. The molecule has 0 aliphatic heterocycles. The van der Waals surface area contributed by atoms with Crippen molar-refractivity contribution in [1.29, 1.82) is 0 Å². The predicted molar refractivity (Wildman–Crippen MR) is 73.7 cm³/mol. The maximum absolute atomic E-state index is 13.5. The molecule has 2 rings (SSSR count). The van der Waals surface area contributed by atoms with Crippen LogP contribution in [0.2, 0.25) is 0 Å². The first-order valence-corrected chi connectivity index (χ1v) is 6.65. The minimum absolute atomic E-state index is 0.277. The summed E-state index contributed by atoms with van der Waals surface area (Å²) in [4.78, 5) is 0. The Hall–Kier alpha value is -1.95. The summed E-state index contributed by atoms with van der Waals surface area (Å²) in [5.74, 6) is 0.207. The predicted octanol–water partition coefficient (Wildman–Crippen LogP) is 2.03. The van der Waals surface area contributed by atoms with Crippen molar-refractivity contribution in [3.05, 3.63) is 41.5 Å². The first kappa shape index (κ1) is 14.5. The lowest BCUT2D eigenvalue weighted by atomic mass is 10.2. The molecule has 0 unspecified atom stereocenters. The highest BCUT2D eigenvalue weighted by Crippen LogP contribution is 2.17. The smallest absolute Gasteiger partial charge is 0.134 e. The van der Waals surface area contributed by atoms with E-state index in [1.807, 2.05) is 6.07 Å². The van der Waals surface area contributed by atoms with E-state index in [-0.39, 0.29) is 12.4 Å². The molecular weight excluding hydrogens is 259 g/mol. The highest BCUT2D eigenvalue weighted by Gasteiger charge is 2.04. The molecule has 20 heavy (non-hydrogen) atoms. The van der Waals surface area contributed by atoms with Crippen LogP contribution in [0.5, 0.6) is 5.75 Å². The lowest BCUT2D eigenvalue weighted by molar-refractivity contribution is 0.299. The first-order chi connectivity index (χ1) is 9.67. The van der Waals surface area contributed by atoms with E-state index in [1.54, 1.807) is 17.9 Å². The van der Waals surface area contributed by atoms with Gasteiger partial charge in [-0.2, -0.15) is 0 Å². The van der Waals surface area contributed by atoms with Crippen molar-refractivity contribution in [2.45, 2.75) is 26.5 Å². The third kappa shape index (κ3) is 4.31. The van der Waals surface area contributed by atoms with E-state index in [0.717, 1.165) is 18.5 Å². The molecular formula is C14H19FN4O. The minimum atomic E-state index is -0.296. The van der Waals surface area contributed by atoms with E-state index < -0.39 is 0 Å². The molecule has 108 valence electrons. The Morgan fingerprint density at radius 1 is 1.35 bits per heavy atom. The minimum Gasteiger partial charge on any atom is -0.487 e. The van der Waals surface area contributed by atoms with Crippen LogP contribution in [-0.4, -0.2) is 21.5 Å². The topological polar surface area (TPSA) is 52.0 Å². The molecule has 0 amide bonds. The monoisotopic (exact) mass is 278 g/mol. The average molecular weight is 278 g/mol. The van der Waals surface area contributed by atoms with Gasteiger partial charge in [-0.1, -0.05) is 12.1 Å². The Balaban J connectivity index is 1.96. The van der Waals surface area contributed by atoms with Crippen molar-refractivity contribution in [3.63, 3.8) is 0 Å². The number of aryl methyl sites for hydroxylation is 1. The molecule has 0 spiro atoms. The number of hydrogen-bond donors (Lipinski definition) is 1. The van der Waals surface area contributed by atoms with Gasteiger partial charge in [0.25, 0.3) is 0 Å². The van der Waals surface area contributed by atoms with E-state index in [1.165, 1.54) is 12.1 Å². The van der Waals surface area contributed by atoms with E-state index in [4.69, 9.17) is 4.74 Å². The van der Waals surface area contributed by atoms with Gasteiger partial charge in [0.05, 0.1) is 6.20 Å². The van der Waals surface area contributed by atoms with Crippen molar-refractivity contribution >= 4 is 0 Å². The van der Waals surface area contributed by atoms with Crippen molar-refractivity contribution in [2.24, 2.45) is 7.05 Å². The number of halogens is 1. The molecule has 0 radical (unpaired) electrons. The highest BCUT2D eigenvalue weighted by molar-refractivity contribution is 5.29. The van der Waals surface area contributed by atoms with Crippen LogP contribution in [0.4, 0.5) is 4.39 Å². The van der Waals surface area contributed by atoms with Gasteiger partial charge in [-0.05, 0) is 30.7 Å². The fourth-order valence-corrected chi connectivity index (χ4v) is 1.83. The first-order valence-electron chi connectivity index (χ1n) is 6.65. The Morgan fingerprint density at radius 3 is 2.90 bits per heavy atom. The van der Waals surface area contributed by atoms with Gasteiger partial charge in [0, 0.05) is 19.7 Å². The molecule has 1 aromatic heterocycles. The van der Waals surface area contributed by atoms with Crippen LogP contribution in [-0.2, 0) is 20.2 Å². The maximum atomic E-state index is 13.5. The van der Waals surface area contributed by atoms with Gasteiger partial charge in [0.1, 0.15) is 23.9 Å². The van der Waals surface area contributed by atoms with Crippen molar-refractivity contribution in [2.75, 3.05) is 6.54 Å². The van der Waals surface area contributed by atoms with E-state index >= 15 is 0 Å². The normalized spacial score (nSPS) is 10.8. The van der Waals surface area contributed by atoms with Crippen LogP contribution in [0.25, 0.3) is 0 Å². The van der Waals surface area contributed by atoms with Gasteiger partial charge >= 0.3 is 0 Å². The highest BCUT2D eigenvalue weighted by atomic mass is 19.1. The van der Waals surface area contributed by atoms with Gasteiger partial charge in [-0.25, -0.2) is 4.39 Å². The molecule has 2 aromatic rings. The Morgan fingerprint density at radius 2 is 2.20 bits per heavy atom. The third-order valence-corrected chi connectivity index (χ3v) is 2.72. The largest absolute Gasteiger partial charge is 0.487 e. The fourth-order valence-electron chi connectivity index (χ4n) is 1.83. The van der Waals surface area contributed by atoms with Crippen LogP contribution < -0.4 is 10.1 Å². The molecule has 1 aromatic carbocycles. The van der Waals surface area contributed by atoms with Gasteiger partial charge in [-0.15, -0.1) is 5.10 Å². The zero-order valence-corrected chi connectivity index (χ0v) is 11.8. The Labute approximate surface area is 117 Å². The molecule has 0 aliphatic rings. The van der Waals surface area contributed by atoms with Crippen LogP contribution in [0, 0.1) is 5.82 Å². The number of ether oxygens (including phenoxy) is 1. The maximum Gasteiger partial charge on any atom is 0.134 e. The lowest BCUT2D eigenvalue weighted by Gasteiger charge is -2.08. The second-order valence-corrected chi connectivity index (χ2v) is 4.64. The quantitative estimate of drug-likeness (QED) is 0.787. The average Bonchev–Trinajstić information content (AvgIpc) is 2.82. The number of hydrogen-bond acceptors (Lipinski definition) is 4. The summed E-state index contributed by atoms with van der Waals surface area (Å²) in [6, 6.07) is 4.72. The Kier molecular flexibility index (Phi) is 5.06. The van der Waals surface area contributed by atoms with Crippen LogP contribution >= 0.6 is 0 Å². The van der Waals surface area contributed by atoms with Gasteiger partial charge in [0.15, 0.2) is 0 Å². The molecule has 0 aliphatic carbocycles. The van der Waals surface area contributed by atoms with Crippen LogP contribution in [0.1, 0.15) is 24.6 Å². The molecule has 0 fully saturated rings. The summed E-state index contributed by atoms with van der Waals surface area (Å²) in [6.45, 7) is 3.91. The lowest BCUT2D eigenvalue weighted by Crippen LogP contribution is -2.14. The van der Waals surface area contributed by atoms with Gasteiger partial charge < -0.3 is 10.1 Å². The summed E-state index contributed by atoms with van der Waals surface area (Å²) in [6.07, 6.45) is 2.81. The third-order valence-electron chi connectivity index (χ3n) is 2.72. The van der Waals surface area contributed by atoms with Crippen molar-refractivity contribution in [1.82, 2.24) is 20.3 Å². The van der Waals surface area contributed by atoms with E-state index in [2.05, 4.69) is 22.6 Å². The second-order valence-electron chi connectivity index (χ2n) is 4.64. The van der Waals surface area contributed by atoms with Crippen molar-refractivity contribution < 1.29 is 9.13 Å². The van der Waals surface area contributed by atoms with Gasteiger partial charge in [-0.3, -0.25) is 4.68 Å². The number of nitrogens with one attached hydrogen (secondary N) is 1. The number of aromatic nitrogens is 3. The number of rotatable bonds is 7. The van der Waals surface area contributed by atoms with E-state index in [0.29, 0.717) is 18.0 Å². The summed E-state index contributed by atoms with van der Waals surface area (Å²) < 4.78 is 20.7. The molecule has 6 heteroatoms. The SMILES string of the molecule is CCCNCc1cc(F)cc(OCc2cn(C)nn2)c1. The molecule has 1 heterocycles. The summed E-state index contributed by atoms with van der Waals surface area (Å²) in [5.41, 5.74) is 1.58. The van der Waals surface area contributed by atoms with Crippen LogP contribution in [0.3, 0.4) is 0 Å². The van der Waals surface area contributed by atoms with E-state index in [9.17, 15) is 4.39 Å². The zero-order valence-electron chi connectivity index (χ0n) is 11.8. The summed E-state index contributed by atoms with van der Waals surface area (Å²) in [5, 5.41) is 11.0. The second kappa shape index (κ2) is 7.00. The number of nitrogens with zero attached hydrogens (tertiary/aromatic N) is 3. The van der Waals surface area contributed by atoms with Crippen LogP contribution in [0.15, 0.2) is 24.4 Å². The molecule has 1 N–H and O–H groups in total. The fraction of sp³-hybridized carbons (Fsp3) is 0.429.